The first-order valence-corrected chi connectivity index (χ1v) is 8.08. The molecule has 1 heterocycles. The molecule has 2 aliphatic rings. The fourth-order valence-corrected chi connectivity index (χ4v) is 3.27. The molecule has 0 radical (unpaired) electrons. The highest BCUT2D eigenvalue weighted by Crippen LogP contribution is 2.34. The van der Waals surface area contributed by atoms with Gasteiger partial charge in [0.1, 0.15) is 5.02 Å². The van der Waals surface area contributed by atoms with Crippen LogP contribution >= 0.6 is 11.6 Å². The summed E-state index contributed by atoms with van der Waals surface area (Å²) in [5.74, 6) is -0.547. The maximum absolute atomic E-state index is 12.8. The SMILES string of the molecule is O=C1C2=C(OCN(c3ccc(Cl)c([N+](=O)[O-])c3)C2)C(=O)c2ccccc21. The third-order valence-electron chi connectivity index (χ3n) is 4.38. The third kappa shape index (κ3) is 2.44. The first-order valence-electron chi connectivity index (χ1n) is 7.70. The molecule has 8 heteroatoms. The lowest BCUT2D eigenvalue weighted by atomic mass is 9.87. The van der Waals surface area contributed by atoms with Gasteiger partial charge in [-0.3, -0.25) is 19.7 Å². The number of Topliss-reactive ketones (excluding diaryl/α,β-unsaturated/α-hetero) is 2. The number of carbonyl (C=O) groups excluding carboxylic acids is 2. The zero-order valence-corrected chi connectivity index (χ0v) is 14.0. The predicted octanol–water partition coefficient (Wildman–Crippen LogP) is 3.38. The Morgan fingerprint density at radius 1 is 1.08 bits per heavy atom. The normalized spacial score (nSPS) is 16.1. The number of anilines is 1. The van der Waals surface area contributed by atoms with E-state index in [-0.39, 0.29) is 46.9 Å². The van der Waals surface area contributed by atoms with Gasteiger partial charge in [0.15, 0.2) is 18.3 Å². The van der Waals surface area contributed by atoms with Gasteiger partial charge in [-0.15, -0.1) is 0 Å². The quantitative estimate of drug-likeness (QED) is 0.594. The molecule has 0 fully saturated rings. The standard InChI is InChI=1S/C18H11ClN2O5/c19-14-6-5-10(7-15(14)21(24)25)20-8-13-16(22)11-3-1-2-4-12(11)17(23)18(13)26-9-20/h1-7H,8-9H2. The number of rotatable bonds is 2. The maximum Gasteiger partial charge on any atom is 0.289 e. The fraction of sp³-hybridized carbons (Fsp3) is 0.111. The molecular formula is C18H11ClN2O5. The molecule has 0 N–H and O–H groups in total. The molecule has 0 amide bonds. The number of nitro benzene ring substituents is 1. The average Bonchev–Trinajstić information content (AvgIpc) is 2.66. The largest absolute Gasteiger partial charge is 0.468 e. The van der Waals surface area contributed by atoms with Gasteiger partial charge in [-0.2, -0.15) is 0 Å². The molecule has 130 valence electrons. The second-order valence-corrected chi connectivity index (χ2v) is 6.28. The van der Waals surface area contributed by atoms with Gasteiger partial charge < -0.3 is 9.64 Å². The number of halogens is 1. The number of nitro groups is 1. The Bertz CT molecular complexity index is 1010. The molecule has 4 rings (SSSR count). The Labute approximate surface area is 152 Å². The van der Waals surface area contributed by atoms with Crippen molar-refractivity contribution in [2.75, 3.05) is 18.2 Å². The molecule has 1 aliphatic heterocycles. The number of allylic oxidation sites excluding steroid dienone is 1. The van der Waals surface area contributed by atoms with Gasteiger partial charge in [0, 0.05) is 22.9 Å². The summed E-state index contributed by atoms with van der Waals surface area (Å²) < 4.78 is 5.55. The number of nitrogens with zero attached hydrogens (tertiary/aromatic N) is 2. The highest BCUT2D eigenvalue weighted by molar-refractivity contribution is 6.32. The Morgan fingerprint density at radius 3 is 2.46 bits per heavy atom. The molecule has 0 aromatic heterocycles. The molecule has 0 bridgehead atoms. The van der Waals surface area contributed by atoms with Crippen LogP contribution in [0.15, 0.2) is 53.8 Å². The molecular weight excluding hydrogens is 360 g/mol. The first-order chi connectivity index (χ1) is 12.5. The van der Waals surface area contributed by atoms with E-state index in [9.17, 15) is 19.7 Å². The average molecular weight is 371 g/mol. The van der Waals surface area contributed by atoms with Gasteiger partial charge >= 0.3 is 0 Å². The number of carbonyl (C=O) groups is 2. The van der Waals surface area contributed by atoms with E-state index in [0.717, 1.165) is 0 Å². The zero-order chi connectivity index (χ0) is 18.4. The number of hydrogen-bond donors (Lipinski definition) is 0. The van der Waals surface area contributed by atoms with E-state index < -0.39 is 4.92 Å². The third-order valence-corrected chi connectivity index (χ3v) is 4.70. The lowest BCUT2D eigenvalue weighted by molar-refractivity contribution is -0.384. The second kappa shape index (κ2) is 5.96. The highest BCUT2D eigenvalue weighted by Gasteiger charge is 2.37. The number of fused-ring (bicyclic) bond motifs is 1. The Hall–Kier alpha value is -3.19. The van der Waals surface area contributed by atoms with E-state index in [0.29, 0.717) is 16.8 Å². The van der Waals surface area contributed by atoms with Gasteiger partial charge in [0.2, 0.25) is 5.78 Å². The lowest BCUT2D eigenvalue weighted by Gasteiger charge is -2.33. The second-order valence-electron chi connectivity index (χ2n) is 5.88. The smallest absolute Gasteiger partial charge is 0.289 e. The van der Waals surface area contributed by atoms with Gasteiger partial charge in [-0.25, -0.2) is 0 Å². The van der Waals surface area contributed by atoms with Crippen LogP contribution in [0.4, 0.5) is 11.4 Å². The van der Waals surface area contributed by atoms with Crippen molar-refractivity contribution < 1.29 is 19.2 Å². The van der Waals surface area contributed by atoms with Crippen LogP contribution < -0.4 is 4.90 Å². The van der Waals surface area contributed by atoms with Crippen LogP contribution in [-0.2, 0) is 4.74 Å². The van der Waals surface area contributed by atoms with Gasteiger partial charge in [-0.1, -0.05) is 35.9 Å². The zero-order valence-electron chi connectivity index (χ0n) is 13.3. The monoisotopic (exact) mass is 370 g/mol. The molecule has 0 unspecified atom stereocenters. The number of ketones is 2. The van der Waals surface area contributed by atoms with Crippen LogP contribution in [0, 0.1) is 10.1 Å². The summed E-state index contributed by atoms with van der Waals surface area (Å²) in [5, 5.41) is 11.1. The van der Waals surface area contributed by atoms with Crippen molar-refractivity contribution in [3.8, 4) is 0 Å². The molecule has 2 aromatic rings. The summed E-state index contributed by atoms with van der Waals surface area (Å²) in [4.78, 5) is 37.5. The Balaban J connectivity index is 1.71. The lowest BCUT2D eigenvalue weighted by Crippen LogP contribution is -2.39. The topological polar surface area (TPSA) is 89.8 Å². The highest BCUT2D eigenvalue weighted by atomic mass is 35.5. The Morgan fingerprint density at radius 2 is 1.77 bits per heavy atom. The predicted molar refractivity (Wildman–Crippen MR) is 93.5 cm³/mol. The number of benzene rings is 2. The van der Waals surface area contributed by atoms with Gasteiger partial charge in [0.05, 0.1) is 17.0 Å². The van der Waals surface area contributed by atoms with Crippen molar-refractivity contribution >= 4 is 34.5 Å². The van der Waals surface area contributed by atoms with Crippen molar-refractivity contribution in [2.45, 2.75) is 0 Å². The van der Waals surface area contributed by atoms with E-state index in [4.69, 9.17) is 16.3 Å². The van der Waals surface area contributed by atoms with E-state index in [2.05, 4.69) is 0 Å². The minimum Gasteiger partial charge on any atom is -0.468 e. The van der Waals surface area contributed by atoms with Crippen LogP contribution in [0.5, 0.6) is 0 Å². The molecule has 7 nitrogen and oxygen atoms in total. The summed E-state index contributed by atoms with van der Waals surface area (Å²) in [6.07, 6.45) is 0. The summed E-state index contributed by atoms with van der Waals surface area (Å²) in [5.41, 5.74) is 1.15. The molecule has 0 spiro atoms. The molecule has 0 saturated carbocycles. The van der Waals surface area contributed by atoms with E-state index in [1.54, 1.807) is 35.2 Å². The van der Waals surface area contributed by atoms with E-state index in [1.165, 1.54) is 12.1 Å². The summed E-state index contributed by atoms with van der Waals surface area (Å²) in [6.45, 7) is 0.117. The fourth-order valence-electron chi connectivity index (χ4n) is 3.08. The Kier molecular flexibility index (Phi) is 3.73. The van der Waals surface area contributed by atoms with Crippen LogP contribution in [0.3, 0.4) is 0 Å². The van der Waals surface area contributed by atoms with E-state index in [1.807, 2.05) is 0 Å². The minimum absolute atomic E-state index is 0.00118. The minimum atomic E-state index is -0.577. The molecule has 0 atom stereocenters. The number of hydrogen-bond acceptors (Lipinski definition) is 6. The molecule has 0 saturated heterocycles. The van der Waals surface area contributed by atoms with Crippen molar-refractivity contribution in [3.05, 3.63) is 80.1 Å². The molecule has 2 aromatic carbocycles. The molecule has 1 aliphatic carbocycles. The summed E-state index contributed by atoms with van der Waals surface area (Å²) in [7, 11) is 0. The van der Waals surface area contributed by atoms with Crippen molar-refractivity contribution in [2.24, 2.45) is 0 Å². The van der Waals surface area contributed by atoms with E-state index >= 15 is 0 Å². The van der Waals surface area contributed by atoms with Crippen molar-refractivity contribution in [1.29, 1.82) is 0 Å². The molecule has 26 heavy (non-hydrogen) atoms. The first kappa shape index (κ1) is 16.3. The van der Waals surface area contributed by atoms with Crippen molar-refractivity contribution in [1.82, 2.24) is 0 Å². The van der Waals surface area contributed by atoms with Crippen molar-refractivity contribution in [3.63, 3.8) is 0 Å². The maximum atomic E-state index is 12.8. The van der Waals surface area contributed by atoms with Crippen LogP contribution in [0.25, 0.3) is 0 Å². The summed E-state index contributed by atoms with van der Waals surface area (Å²) >= 11 is 5.84. The van der Waals surface area contributed by atoms with Crippen LogP contribution in [0.1, 0.15) is 20.7 Å². The van der Waals surface area contributed by atoms with Gasteiger partial charge in [-0.05, 0) is 12.1 Å². The summed E-state index contributed by atoms with van der Waals surface area (Å²) in [6, 6.07) is 10.9. The van der Waals surface area contributed by atoms with Crippen LogP contribution in [0.2, 0.25) is 5.02 Å². The van der Waals surface area contributed by atoms with Gasteiger partial charge in [0.25, 0.3) is 5.69 Å². The van der Waals surface area contributed by atoms with Crippen LogP contribution in [-0.4, -0.2) is 29.8 Å². The number of ether oxygens (including phenoxy) is 1.